The first-order valence-electron chi connectivity index (χ1n) is 9.66. The molecular weight excluding hydrogens is 423 g/mol. The molecule has 0 saturated carbocycles. The minimum atomic E-state index is -0.272. The summed E-state index contributed by atoms with van der Waals surface area (Å²) in [4.78, 5) is 23.2. The van der Waals surface area contributed by atoms with Crippen LogP contribution in [0.1, 0.15) is 21.1 Å². The highest BCUT2D eigenvalue weighted by Gasteiger charge is 2.26. The number of carbonyl (C=O) groups excluding carboxylic acids is 1. The molecule has 1 saturated heterocycles. The van der Waals surface area contributed by atoms with Crippen molar-refractivity contribution in [1.82, 2.24) is 19.9 Å². The van der Waals surface area contributed by atoms with Gasteiger partial charge >= 0.3 is 0 Å². The molecule has 4 heterocycles. The van der Waals surface area contributed by atoms with E-state index in [9.17, 15) is 9.18 Å². The van der Waals surface area contributed by atoms with E-state index in [-0.39, 0.29) is 11.7 Å². The van der Waals surface area contributed by atoms with Gasteiger partial charge in [-0.3, -0.25) is 9.69 Å². The maximum Gasteiger partial charge on any atom is 0.264 e. The molecule has 5 rings (SSSR count). The summed E-state index contributed by atoms with van der Waals surface area (Å²) in [5.41, 5.74) is 0.729. The summed E-state index contributed by atoms with van der Waals surface area (Å²) in [7, 11) is 0. The fourth-order valence-electron chi connectivity index (χ4n) is 3.73. The monoisotopic (exact) mass is 442 g/mol. The van der Waals surface area contributed by atoms with Gasteiger partial charge in [0.05, 0.1) is 16.3 Å². The van der Waals surface area contributed by atoms with E-state index in [1.54, 1.807) is 17.4 Å². The van der Waals surface area contributed by atoms with Crippen LogP contribution in [0.4, 0.5) is 4.39 Å². The maximum absolute atomic E-state index is 14.2. The van der Waals surface area contributed by atoms with Gasteiger partial charge in [0.25, 0.3) is 5.91 Å². The largest absolute Gasteiger partial charge is 0.338 e. The second-order valence-corrected chi connectivity index (χ2v) is 9.23. The summed E-state index contributed by atoms with van der Waals surface area (Å²) in [6.45, 7) is 5.06. The predicted octanol–water partition coefficient (Wildman–Crippen LogP) is 4.42. The van der Waals surface area contributed by atoms with Gasteiger partial charge in [0.15, 0.2) is 0 Å². The van der Waals surface area contributed by atoms with Crippen LogP contribution < -0.4 is 0 Å². The van der Waals surface area contributed by atoms with Crippen molar-refractivity contribution >= 4 is 38.7 Å². The Hall–Kier alpha value is -2.62. The Morgan fingerprint density at radius 1 is 1.20 bits per heavy atom. The normalized spacial score (nSPS) is 15.2. The van der Waals surface area contributed by atoms with Crippen LogP contribution in [0.3, 0.4) is 0 Å². The van der Waals surface area contributed by atoms with Crippen LogP contribution in [0.2, 0.25) is 0 Å². The smallest absolute Gasteiger partial charge is 0.264 e. The Bertz CT molecular complexity index is 1190. The number of aryl methyl sites for hydroxylation is 1. The van der Waals surface area contributed by atoms with Gasteiger partial charge in [0.1, 0.15) is 5.82 Å². The summed E-state index contributed by atoms with van der Waals surface area (Å²) in [5, 5.41) is 6.59. The molecule has 1 fully saturated rings. The van der Waals surface area contributed by atoms with E-state index in [0.717, 1.165) is 28.2 Å². The van der Waals surface area contributed by atoms with Gasteiger partial charge in [0, 0.05) is 36.3 Å². The number of rotatable bonds is 4. The number of aromatic nitrogens is 2. The lowest BCUT2D eigenvalue weighted by Crippen LogP contribution is -2.48. The predicted molar refractivity (Wildman–Crippen MR) is 115 cm³/mol. The molecule has 6 nitrogen and oxygen atoms in total. The van der Waals surface area contributed by atoms with Gasteiger partial charge in [-0.05, 0) is 36.1 Å². The van der Waals surface area contributed by atoms with Crippen molar-refractivity contribution in [1.29, 1.82) is 0 Å². The zero-order valence-corrected chi connectivity index (χ0v) is 17.9. The molecule has 1 amide bonds. The van der Waals surface area contributed by atoms with E-state index in [2.05, 4.69) is 15.0 Å². The lowest BCUT2D eigenvalue weighted by molar-refractivity contribution is 0.0619. The lowest BCUT2D eigenvalue weighted by atomic mass is 10.1. The molecule has 0 bridgehead atoms. The van der Waals surface area contributed by atoms with E-state index in [1.165, 1.54) is 17.4 Å². The molecular formula is C21H19FN4O2S2. The van der Waals surface area contributed by atoms with Crippen LogP contribution in [-0.2, 0) is 6.54 Å². The number of benzene rings is 1. The van der Waals surface area contributed by atoms with Crippen LogP contribution in [0.5, 0.6) is 0 Å². The number of fused-ring (bicyclic) bond motifs is 1. The summed E-state index contributed by atoms with van der Waals surface area (Å²) in [6, 6.07) is 8.91. The first-order valence-corrected chi connectivity index (χ1v) is 11.4. The average Bonchev–Trinajstić information content (AvgIpc) is 3.49. The van der Waals surface area contributed by atoms with Crippen LogP contribution in [0.15, 0.2) is 40.2 Å². The lowest BCUT2D eigenvalue weighted by Gasteiger charge is -2.33. The van der Waals surface area contributed by atoms with Crippen LogP contribution >= 0.6 is 22.7 Å². The molecule has 0 N–H and O–H groups in total. The molecule has 0 atom stereocenters. The molecule has 9 heteroatoms. The number of amides is 1. The van der Waals surface area contributed by atoms with Gasteiger partial charge in [-0.15, -0.1) is 22.7 Å². The van der Waals surface area contributed by atoms with Gasteiger partial charge < -0.3 is 9.42 Å². The van der Waals surface area contributed by atoms with Gasteiger partial charge in [-0.1, -0.05) is 17.3 Å². The summed E-state index contributed by atoms with van der Waals surface area (Å²) < 4.78 is 20.4. The van der Waals surface area contributed by atoms with Crippen molar-refractivity contribution in [3.05, 3.63) is 57.9 Å². The Morgan fingerprint density at radius 2 is 2.03 bits per heavy atom. The van der Waals surface area contributed by atoms with Crippen molar-refractivity contribution in [3.63, 3.8) is 0 Å². The molecule has 0 radical (unpaired) electrons. The quantitative estimate of drug-likeness (QED) is 0.468. The topological polar surface area (TPSA) is 62.5 Å². The minimum Gasteiger partial charge on any atom is -0.338 e. The number of halogens is 1. The molecule has 0 unspecified atom stereocenters. The molecule has 0 aliphatic carbocycles. The van der Waals surface area contributed by atoms with Gasteiger partial charge in [-0.2, -0.15) is 4.98 Å². The van der Waals surface area contributed by atoms with Crippen LogP contribution in [-0.4, -0.2) is 52.0 Å². The van der Waals surface area contributed by atoms with Crippen molar-refractivity contribution in [2.24, 2.45) is 0 Å². The maximum atomic E-state index is 14.2. The third kappa shape index (κ3) is 3.53. The highest BCUT2D eigenvalue weighted by Crippen LogP contribution is 2.33. The molecule has 30 heavy (non-hydrogen) atoms. The molecule has 3 aromatic heterocycles. The highest BCUT2D eigenvalue weighted by molar-refractivity contribution is 7.21. The zero-order chi connectivity index (χ0) is 20.7. The van der Waals surface area contributed by atoms with E-state index in [1.807, 2.05) is 35.4 Å². The highest BCUT2D eigenvalue weighted by atomic mass is 32.1. The minimum absolute atomic E-state index is 0.0227. The Morgan fingerprint density at radius 3 is 2.77 bits per heavy atom. The molecule has 1 aliphatic rings. The summed E-state index contributed by atoms with van der Waals surface area (Å²) in [5.74, 6) is 0.896. The molecule has 0 spiro atoms. The van der Waals surface area contributed by atoms with E-state index >= 15 is 0 Å². The Balaban J connectivity index is 1.23. The molecule has 154 valence electrons. The number of hydrogen-bond acceptors (Lipinski definition) is 7. The molecule has 1 aliphatic heterocycles. The Kier molecular flexibility index (Phi) is 5.10. The summed E-state index contributed by atoms with van der Waals surface area (Å²) >= 11 is 2.94. The third-order valence-corrected chi connectivity index (χ3v) is 7.44. The van der Waals surface area contributed by atoms with Gasteiger partial charge in [-0.25, -0.2) is 4.39 Å². The zero-order valence-electron chi connectivity index (χ0n) is 16.3. The second-order valence-electron chi connectivity index (χ2n) is 7.23. The summed E-state index contributed by atoms with van der Waals surface area (Å²) in [6.07, 6.45) is 0. The van der Waals surface area contributed by atoms with E-state index in [0.29, 0.717) is 41.6 Å². The van der Waals surface area contributed by atoms with Crippen molar-refractivity contribution < 1.29 is 13.7 Å². The number of nitrogens with zero attached hydrogens (tertiary/aromatic N) is 4. The first kappa shape index (κ1) is 19.3. The fraction of sp³-hybridized carbons (Fsp3) is 0.286. The molecule has 1 aromatic carbocycles. The standard InChI is InChI=1S/C21H19FN4O2S2/c1-13-18-14(22)4-2-5-15(18)30-19(13)21(27)26-9-7-25(8-10-26)12-17-23-20(24-28-17)16-6-3-11-29-16/h2-6,11H,7-10,12H2,1H3. The van der Waals surface area contributed by atoms with Crippen LogP contribution in [0.25, 0.3) is 20.8 Å². The van der Waals surface area contributed by atoms with Crippen molar-refractivity contribution in [2.75, 3.05) is 26.2 Å². The SMILES string of the molecule is Cc1c(C(=O)N2CCN(Cc3nc(-c4cccs4)no3)CC2)sc2cccc(F)c12. The first-order chi connectivity index (χ1) is 14.6. The van der Waals surface area contributed by atoms with Crippen molar-refractivity contribution in [2.45, 2.75) is 13.5 Å². The van der Waals surface area contributed by atoms with E-state index < -0.39 is 0 Å². The van der Waals surface area contributed by atoms with E-state index in [4.69, 9.17) is 4.52 Å². The number of hydrogen-bond donors (Lipinski definition) is 0. The van der Waals surface area contributed by atoms with Gasteiger partial charge in [0.2, 0.25) is 11.7 Å². The number of thiophene rings is 2. The second kappa shape index (κ2) is 7.90. The van der Waals surface area contributed by atoms with Crippen LogP contribution in [0, 0.1) is 12.7 Å². The number of piperazine rings is 1. The third-order valence-electron chi connectivity index (χ3n) is 5.33. The molecule has 4 aromatic rings. The number of carbonyl (C=O) groups is 1. The van der Waals surface area contributed by atoms with Crippen molar-refractivity contribution in [3.8, 4) is 10.7 Å². The average molecular weight is 443 g/mol. The Labute approximate surface area is 180 Å². The fourth-order valence-corrected chi connectivity index (χ4v) is 5.57.